The largest absolute Gasteiger partial charge is 0.464 e. The van der Waals surface area contributed by atoms with E-state index in [4.69, 9.17) is 4.42 Å². The first kappa shape index (κ1) is 20.9. The summed E-state index contributed by atoms with van der Waals surface area (Å²) in [5.41, 5.74) is 0. The summed E-state index contributed by atoms with van der Waals surface area (Å²) in [5, 5.41) is 0. The third kappa shape index (κ3) is 5.62. The van der Waals surface area contributed by atoms with Crippen LogP contribution in [-0.2, 0) is 16.1 Å². The summed E-state index contributed by atoms with van der Waals surface area (Å²) < 4.78 is 6.01. The zero-order valence-electron chi connectivity index (χ0n) is 17.8. The minimum Gasteiger partial charge on any atom is -0.464 e. The van der Waals surface area contributed by atoms with Crippen molar-refractivity contribution in [3.05, 3.63) is 23.7 Å². The molecule has 1 aromatic rings. The Kier molecular flexibility index (Phi) is 7.19. The van der Waals surface area contributed by atoms with Gasteiger partial charge in [0.15, 0.2) is 0 Å². The van der Waals surface area contributed by atoms with Gasteiger partial charge in [-0.15, -0.1) is 0 Å². The van der Waals surface area contributed by atoms with Gasteiger partial charge in [0.2, 0.25) is 11.8 Å². The van der Waals surface area contributed by atoms with Crippen molar-refractivity contribution in [1.82, 2.24) is 9.80 Å². The van der Waals surface area contributed by atoms with Gasteiger partial charge in [-0.25, -0.2) is 0 Å². The van der Waals surface area contributed by atoms with E-state index in [-0.39, 0.29) is 11.8 Å². The second-order valence-electron chi connectivity index (χ2n) is 8.61. The number of furan rings is 1. The Labute approximate surface area is 169 Å². The van der Waals surface area contributed by atoms with E-state index < -0.39 is 0 Å². The molecule has 2 atom stereocenters. The summed E-state index contributed by atoms with van der Waals surface area (Å²) >= 11 is 0. The molecule has 1 heterocycles. The quantitative estimate of drug-likeness (QED) is 0.521. The standard InChI is InChI=1S/C23H36N2O3/c1-4-13-24(14-5-2)22(26)7-6-8-23(27)25(18-9-10-18)16-19-11-12-21(28-19)20-15-17(20)3/h11-12,17-18,20H,4-10,13-16H2,1-3H3. The fourth-order valence-corrected chi connectivity index (χ4v) is 3.97. The maximum atomic E-state index is 12.8. The minimum absolute atomic E-state index is 0.158. The Morgan fingerprint density at radius 2 is 1.71 bits per heavy atom. The summed E-state index contributed by atoms with van der Waals surface area (Å²) in [6.45, 7) is 8.63. The lowest BCUT2D eigenvalue weighted by Gasteiger charge is -2.23. The Hall–Kier alpha value is -1.78. The summed E-state index contributed by atoms with van der Waals surface area (Å²) in [4.78, 5) is 29.1. The molecule has 28 heavy (non-hydrogen) atoms. The van der Waals surface area contributed by atoms with Gasteiger partial charge in [0.1, 0.15) is 11.5 Å². The molecule has 0 N–H and O–H groups in total. The van der Waals surface area contributed by atoms with Crippen LogP contribution in [0, 0.1) is 5.92 Å². The maximum Gasteiger partial charge on any atom is 0.223 e. The molecule has 0 radical (unpaired) electrons. The van der Waals surface area contributed by atoms with Gasteiger partial charge in [-0.1, -0.05) is 20.8 Å². The van der Waals surface area contributed by atoms with Gasteiger partial charge in [-0.05, 0) is 56.6 Å². The van der Waals surface area contributed by atoms with Crippen molar-refractivity contribution in [2.45, 2.75) is 90.6 Å². The average Bonchev–Trinajstić information content (AvgIpc) is 3.59. The Balaban J connectivity index is 1.47. The van der Waals surface area contributed by atoms with E-state index in [0.717, 1.165) is 56.2 Å². The SMILES string of the molecule is CCCN(CCC)C(=O)CCCC(=O)N(Cc1ccc(C2CC2C)o1)C1CC1. The molecule has 1 aromatic heterocycles. The topological polar surface area (TPSA) is 53.8 Å². The van der Waals surface area contributed by atoms with Crippen molar-refractivity contribution in [3.8, 4) is 0 Å². The number of rotatable bonds is 12. The fraction of sp³-hybridized carbons (Fsp3) is 0.739. The molecule has 3 rings (SSSR count). The van der Waals surface area contributed by atoms with E-state index in [1.54, 1.807) is 0 Å². The Morgan fingerprint density at radius 1 is 1.07 bits per heavy atom. The van der Waals surface area contributed by atoms with Crippen LogP contribution >= 0.6 is 0 Å². The highest BCUT2D eigenvalue weighted by molar-refractivity contribution is 5.79. The second kappa shape index (κ2) is 9.62. The highest BCUT2D eigenvalue weighted by atomic mass is 16.3. The second-order valence-corrected chi connectivity index (χ2v) is 8.61. The minimum atomic E-state index is 0.158. The molecule has 5 nitrogen and oxygen atoms in total. The van der Waals surface area contributed by atoms with Crippen molar-refractivity contribution in [1.29, 1.82) is 0 Å². The van der Waals surface area contributed by atoms with Crippen molar-refractivity contribution in [2.24, 2.45) is 5.92 Å². The predicted molar refractivity (Wildman–Crippen MR) is 110 cm³/mol. The highest BCUT2D eigenvalue weighted by Gasteiger charge is 2.37. The highest BCUT2D eigenvalue weighted by Crippen LogP contribution is 2.47. The number of carbonyl (C=O) groups excluding carboxylic acids is 2. The number of carbonyl (C=O) groups is 2. The molecule has 0 spiro atoms. The van der Waals surface area contributed by atoms with E-state index >= 15 is 0 Å². The average molecular weight is 389 g/mol. The normalized spacial score (nSPS) is 20.8. The zero-order valence-corrected chi connectivity index (χ0v) is 17.8. The summed E-state index contributed by atoms with van der Waals surface area (Å²) in [7, 11) is 0. The van der Waals surface area contributed by atoms with Crippen LogP contribution in [0.1, 0.15) is 89.6 Å². The third-order valence-electron chi connectivity index (χ3n) is 5.91. The molecule has 2 unspecified atom stereocenters. The van der Waals surface area contributed by atoms with Crippen molar-refractivity contribution in [3.63, 3.8) is 0 Å². The number of hydrogen-bond acceptors (Lipinski definition) is 3. The first-order valence-electron chi connectivity index (χ1n) is 11.2. The van der Waals surface area contributed by atoms with Crippen LogP contribution in [-0.4, -0.2) is 40.7 Å². The lowest BCUT2D eigenvalue weighted by molar-refractivity contribution is -0.133. The third-order valence-corrected chi connectivity index (χ3v) is 5.91. The monoisotopic (exact) mass is 388 g/mol. The number of nitrogens with zero attached hydrogens (tertiary/aromatic N) is 2. The van der Waals surface area contributed by atoms with Crippen LogP contribution in [0.25, 0.3) is 0 Å². The van der Waals surface area contributed by atoms with Crippen LogP contribution in [0.3, 0.4) is 0 Å². The lowest BCUT2D eigenvalue weighted by atomic mass is 10.2. The van der Waals surface area contributed by atoms with E-state index in [0.29, 0.717) is 37.8 Å². The van der Waals surface area contributed by atoms with Crippen LogP contribution in [0.15, 0.2) is 16.5 Å². The molecule has 2 aliphatic rings. The van der Waals surface area contributed by atoms with Gasteiger partial charge in [0.05, 0.1) is 6.54 Å². The molecule has 0 saturated heterocycles. The molecule has 0 aromatic carbocycles. The molecule has 156 valence electrons. The molecule has 2 fully saturated rings. The van der Waals surface area contributed by atoms with Gasteiger partial charge in [-0.2, -0.15) is 0 Å². The van der Waals surface area contributed by atoms with E-state index in [1.165, 1.54) is 6.42 Å². The zero-order chi connectivity index (χ0) is 20.1. The van der Waals surface area contributed by atoms with E-state index in [1.807, 2.05) is 15.9 Å². The van der Waals surface area contributed by atoms with Gasteiger partial charge < -0.3 is 14.2 Å². The van der Waals surface area contributed by atoms with Gasteiger partial charge >= 0.3 is 0 Å². The predicted octanol–water partition coefficient (Wildman–Crippen LogP) is 4.71. The molecular weight excluding hydrogens is 352 g/mol. The first-order chi connectivity index (χ1) is 13.5. The van der Waals surface area contributed by atoms with Crippen molar-refractivity contribution in [2.75, 3.05) is 13.1 Å². The van der Waals surface area contributed by atoms with Crippen LogP contribution in [0.4, 0.5) is 0 Å². The molecule has 2 saturated carbocycles. The fourth-order valence-electron chi connectivity index (χ4n) is 3.97. The lowest BCUT2D eigenvalue weighted by Crippen LogP contribution is -2.34. The van der Waals surface area contributed by atoms with Crippen LogP contribution in [0.2, 0.25) is 0 Å². The summed E-state index contributed by atoms with van der Waals surface area (Å²) in [5.74, 6) is 3.59. The van der Waals surface area contributed by atoms with Crippen LogP contribution < -0.4 is 0 Å². The number of amides is 2. The van der Waals surface area contributed by atoms with Crippen LogP contribution in [0.5, 0.6) is 0 Å². The number of hydrogen-bond donors (Lipinski definition) is 0. The molecule has 0 bridgehead atoms. The Morgan fingerprint density at radius 3 is 2.29 bits per heavy atom. The molecular formula is C23H36N2O3. The maximum absolute atomic E-state index is 12.8. The molecule has 2 amide bonds. The molecule has 5 heteroatoms. The van der Waals surface area contributed by atoms with Gasteiger partial charge in [0, 0.05) is 37.9 Å². The molecule has 2 aliphatic carbocycles. The molecule has 0 aliphatic heterocycles. The smallest absolute Gasteiger partial charge is 0.223 e. The Bertz CT molecular complexity index is 659. The van der Waals surface area contributed by atoms with E-state index in [2.05, 4.69) is 26.8 Å². The van der Waals surface area contributed by atoms with Crippen molar-refractivity contribution >= 4 is 11.8 Å². The van der Waals surface area contributed by atoms with E-state index in [9.17, 15) is 9.59 Å². The van der Waals surface area contributed by atoms with Gasteiger partial charge in [-0.3, -0.25) is 9.59 Å². The van der Waals surface area contributed by atoms with Gasteiger partial charge in [0.25, 0.3) is 0 Å². The summed E-state index contributed by atoms with van der Waals surface area (Å²) in [6, 6.07) is 4.46. The first-order valence-corrected chi connectivity index (χ1v) is 11.2. The van der Waals surface area contributed by atoms with Crippen molar-refractivity contribution < 1.29 is 14.0 Å². The summed E-state index contributed by atoms with van der Waals surface area (Å²) in [6.07, 6.45) is 6.87.